The van der Waals surface area contributed by atoms with Gasteiger partial charge in [0, 0.05) is 11.4 Å². The standard InChI is InChI=1S/C18H14ClN3O5/c1-8-5-11(6-12-15(23)20-18(27)21-16(12)24)9(2)22(8)14-7-10(17(25)26)3-4-13(14)19/h3-7H,1-2H3,(H,25,26)(H2,20,21,23,24,27). The predicted octanol–water partition coefficient (Wildman–Crippen LogP) is 2.20. The number of carboxylic acids is 1. The number of hydrogen-bond donors (Lipinski definition) is 3. The maximum Gasteiger partial charge on any atom is 0.335 e. The van der Waals surface area contributed by atoms with Gasteiger partial charge in [-0.05, 0) is 49.8 Å². The zero-order valence-electron chi connectivity index (χ0n) is 14.3. The minimum absolute atomic E-state index is 0.0753. The van der Waals surface area contributed by atoms with Gasteiger partial charge in [0.2, 0.25) is 0 Å². The van der Waals surface area contributed by atoms with Crippen molar-refractivity contribution >= 4 is 41.5 Å². The number of benzene rings is 1. The van der Waals surface area contributed by atoms with Gasteiger partial charge in [-0.2, -0.15) is 0 Å². The van der Waals surface area contributed by atoms with Crippen molar-refractivity contribution in [3.8, 4) is 5.69 Å². The fourth-order valence-electron chi connectivity index (χ4n) is 2.88. The van der Waals surface area contributed by atoms with E-state index < -0.39 is 23.8 Å². The Bertz CT molecular complexity index is 1030. The number of imide groups is 2. The highest BCUT2D eigenvalue weighted by molar-refractivity contribution is 6.32. The van der Waals surface area contributed by atoms with Gasteiger partial charge < -0.3 is 9.67 Å². The highest BCUT2D eigenvalue weighted by atomic mass is 35.5. The molecule has 0 bridgehead atoms. The SMILES string of the molecule is Cc1cc(C=C2C(=O)NC(=O)NC2=O)c(C)n1-c1cc(C(=O)O)ccc1Cl. The molecule has 1 aromatic heterocycles. The van der Waals surface area contributed by atoms with Crippen molar-refractivity contribution in [3.63, 3.8) is 0 Å². The second-order valence-electron chi connectivity index (χ2n) is 5.93. The molecule has 9 heteroatoms. The van der Waals surface area contributed by atoms with E-state index in [1.807, 2.05) is 10.6 Å². The lowest BCUT2D eigenvalue weighted by Gasteiger charge is -2.14. The number of nitrogens with one attached hydrogen (secondary N) is 2. The van der Waals surface area contributed by atoms with E-state index in [0.29, 0.717) is 22.0 Å². The van der Waals surface area contributed by atoms with Crippen LogP contribution in [0.1, 0.15) is 27.3 Å². The van der Waals surface area contributed by atoms with Crippen molar-refractivity contribution < 1.29 is 24.3 Å². The number of hydrogen-bond acceptors (Lipinski definition) is 4. The van der Waals surface area contributed by atoms with E-state index in [4.69, 9.17) is 11.6 Å². The number of amides is 4. The average Bonchev–Trinajstić information content (AvgIpc) is 2.85. The van der Waals surface area contributed by atoms with Crippen LogP contribution in [0.5, 0.6) is 0 Å². The molecule has 2 heterocycles. The van der Waals surface area contributed by atoms with Gasteiger partial charge in [-0.3, -0.25) is 20.2 Å². The molecule has 0 atom stereocenters. The summed E-state index contributed by atoms with van der Waals surface area (Å²) in [6, 6.07) is 5.19. The Hall–Kier alpha value is -3.39. The lowest BCUT2D eigenvalue weighted by Crippen LogP contribution is -2.51. The minimum atomic E-state index is -1.09. The Balaban J connectivity index is 2.12. The summed E-state index contributed by atoms with van der Waals surface area (Å²) in [7, 11) is 0. The van der Waals surface area contributed by atoms with Crippen molar-refractivity contribution in [3.05, 3.63) is 57.4 Å². The molecule has 0 radical (unpaired) electrons. The Morgan fingerprint density at radius 2 is 1.74 bits per heavy atom. The molecule has 1 saturated heterocycles. The lowest BCUT2D eigenvalue weighted by molar-refractivity contribution is -0.123. The molecule has 1 aliphatic heterocycles. The molecule has 1 aromatic carbocycles. The first-order valence-electron chi connectivity index (χ1n) is 7.79. The first kappa shape index (κ1) is 18.4. The van der Waals surface area contributed by atoms with Crippen LogP contribution in [0.15, 0.2) is 29.8 Å². The van der Waals surface area contributed by atoms with E-state index in [2.05, 4.69) is 0 Å². The molecular weight excluding hydrogens is 374 g/mol. The van der Waals surface area contributed by atoms with Crippen molar-refractivity contribution in [2.75, 3.05) is 0 Å². The first-order chi connectivity index (χ1) is 12.7. The number of nitrogens with zero attached hydrogens (tertiary/aromatic N) is 1. The fraction of sp³-hybridized carbons (Fsp3) is 0.111. The minimum Gasteiger partial charge on any atom is -0.478 e. The Morgan fingerprint density at radius 3 is 2.33 bits per heavy atom. The molecule has 3 rings (SSSR count). The maximum absolute atomic E-state index is 11.9. The summed E-state index contributed by atoms with van der Waals surface area (Å²) < 4.78 is 1.73. The maximum atomic E-state index is 11.9. The van der Waals surface area contributed by atoms with Gasteiger partial charge in [0.25, 0.3) is 11.8 Å². The van der Waals surface area contributed by atoms with Crippen molar-refractivity contribution in [1.82, 2.24) is 15.2 Å². The zero-order valence-corrected chi connectivity index (χ0v) is 15.0. The summed E-state index contributed by atoms with van der Waals surface area (Å²) >= 11 is 6.25. The molecule has 0 unspecified atom stereocenters. The zero-order chi connectivity index (χ0) is 19.9. The smallest absolute Gasteiger partial charge is 0.335 e. The third kappa shape index (κ3) is 3.34. The van der Waals surface area contributed by atoms with Crippen molar-refractivity contribution in [2.24, 2.45) is 0 Å². The van der Waals surface area contributed by atoms with Crippen LogP contribution in [-0.4, -0.2) is 33.5 Å². The van der Waals surface area contributed by atoms with Gasteiger partial charge in [-0.1, -0.05) is 11.6 Å². The van der Waals surface area contributed by atoms with Crippen molar-refractivity contribution in [1.29, 1.82) is 0 Å². The third-order valence-corrected chi connectivity index (χ3v) is 4.47. The van der Waals surface area contributed by atoms with Crippen LogP contribution >= 0.6 is 11.6 Å². The summed E-state index contributed by atoms with van der Waals surface area (Å²) in [5.74, 6) is -2.67. The van der Waals surface area contributed by atoms with E-state index in [-0.39, 0.29) is 11.1 Å². The number of carbonyl (C=O) groups is 4. The van der Waals surface area contributed by atoms with Crippen LogP contribution in [0.2, 0.25) is 5.02 Å². The number of aromatic nitrogens is 1. The van der Waals surface area contributed by atoms with Gasteiger partial charge in [-0.15, -0.1) is 0 Å². The summed E-state index contributed by atoms with van der Waals surface area (Å²) in [5.41, 5.74) is 2.24. The summed E-state index contributed by atoms with van der Waals surface area (Å²) in [5, 5.41) is 13.6. The Morgan fingerprint density at radius 1 is 1.11 bits per heavy atom. The van der Waals surface area contributed by atoms with E-state index in [0.717, 1.165) is 5.69 Å². The normalized spacial score (nSPS) is 14.0. The van der Waals surface area contributed by atoms with Gasteiger partial charge in [0.15, 0.2) is 0 Å². The molecule has 138 valence electrons. The number of aromatic carboxylic acids is 1. The predicted molar refractivity (Wildman–Crippen MR) is 96.9 cm³/mol. The van der Waals surface area contributed by atoms with E-state index in [1.165, 1.54) is 24.3 Å². The number of aryl methyl sites for hydroxylation is 1. The van der Waals surface area contributed by atoms with Crippen LogP contribution in [0.3, 0.4) is 0 Å². The molecule has 1 fully saturated rings. The highest BCUT2D eigenvalue weighted by Crippen LogP contribution is 2.28. The summed E-state index contributed by atoms with van der Waals surface area (Å²) in [6.45, 7) is 3.52. The van der Waals surface area contributed by atoms with Crippen LogP contribution < -0.4 is 10.6 Å². The van der Waals surface area contributed by atoms with Crippen molar-refractivity contribution in [2.45, 2.75) is 13.8 Å². The van der Waals surface area contributed by atoms with Gasteiger partial charge in [0.1, 0.15) is 5.57 Å². The van der Waals surface area contributed by atoms with Gasteiger partial charge >= 0.3 is 12.0 Å². The largest absolute Gasteiger partial charge is 0.478 e. The molecule has 3 N–H and O–H groups in total. The number of carboxylic acid groups (broad SMARTS) is 1. The number of barbiturate groups is 1. The molecule has 0 aliphatic carbocycles. The number of rotatable bonds is 3. The fourth-order valence-corrected chi connectivity index (χ4v) is 3.09. The van der Waals surface area contributed by atoms with Gasteiger partial charge in [0.05, 0.1) is 16.3 Å². The Kier molecular flexibility index (Phi) is 4.59. The summed E-state index contributed by atoms with van der Waals surface area (Å²) in [6.07, 6.45) is 1.37. The molecule has 0 spiro atoms. The second-order valence-corrected chi connectivity index (χ2v) is 6.34. The first-order valence-corrected chi connectivity index (χ1v) is 8.17. The Labute approximate surface area is 158 Å². The van der Waals surface area contributed by atoms with E-state index in [9.17, 15) is 24.3 Å². The number of urea groups is 1. The molecule has 1 aliphatic rings. The molecule has 27 heavy (non-hydrogen) atoms. The highest BCUT2D eigenvalue weighted by Gasteiger charge is 2.28. The van der Waals surface area contributed by atoms with E-state index in [1.54, 1.807) is 24.5 Å². The quantitative estimate of drug-likeness (QED) is 0.551. The van der Waals surface area contributed by atoms with Crippen LogP contribution in [0.4, 0.5) is 4.79 Å². The lowest BCUT2D eigenvalue weighted by atomic mass is 10.1. The third-order valence-electron chi connectivity index (χ3n) is 4.15. The molecule has 8 nitrogen and oxygen atoms in total. The molecular formula is C18H14ClN3O5. The number of halogens is 1. The summed E-state index contributed by atoms with van der Waals surface area (Å²) in [4.78, 5) is 46.2. The molecule has 4 amide bonds. The topological polar surface area (TPSA) is 118 Å². The van der Waals surface area contributed by atoms with Gasteiger partial charge in [-0.25, -0.2) is 9.59 Å². The van der Waals surface area contributed by atoms with Crippen LogP contribution in [0, 0.1) is 13.8 Å². The van der Waals surface area contributed by atoms with Crippen LogP contribution in [-0.2, 0) is 9.59 Å². The molecule has 2 aromatic rings. The van der Waals surface area contributed by atoms with Crippen LogP contribution in [0.25, 0.3) is 11.8 Å². The monoisotopic (exact) mass is 387 g/mol. The van der Waals surface area contributed by atoms with E-state index >= 15 is 0 Å². The average molecular weight is 388 g/mol. The number of carbonyl (C=O) groups excluding carboxylic acids is 3. The molecule has 0 saturated carbocycles. The second kappa shape index (κ2) is 6.73.